The Balaban J connectivity index is 1.49. The highest BCUT2D eigenvalue weighted by Gasteiger charge is 2.32. The maximum absolute atomic E-state index is 13.9. The van der Waals surface area contributed by atoms with Crippen LogP contribution in [0, 0.1) is 0 Å². The summed E-state index contributed by atoms with van der Waals surface area (Å²) in [5.74, 6) is -0.754. The number of imidazole rings is 1. The molecule has 0 aliphatic carbocycles. The van der Waals surface area contributed by atoms with E-state index in [1.165, 1.54) is 6.07 Å². The van der Waals surface area contributed by atoms with E-state index in [0.717, 1.165) is 23.3 Å². The smallest absolute Gasteiger partial charge is 0.338 e. The number of nitrogens with zero attached hydrogens (tertiary/aromatic N) is 3. The van der Waals surface area contributed by atoms with Gasteiger partial charge < -0.3 is 9.30 Å². The Hall–Kier alpha value is -4.39. The third kappa shape index (κ3) is 6.37. The second kappa shape index (κ2) is 11.6. The van der Waals surface area contributed by atoms with Crippen LogP contribution in [-0.2, 0) is 23.9 Å². The van der Waals surface area contributed by atoms with Crippen molar-refractivity contribution in [3.05, 3.63) is 143 Å². The fourth-order valence-corrected chi connectivity index (χ4v) is 4.84. The number of halogens is 3. The third-order valence-electron chi connectivity index (χ3n) is 6.88. The number of benzene rings is 3. The van der Waals surface area contributed by atoms with Gasteiger partial charge >= 0.3 is 6.18 Å². The van der Waals surface area contributed by atoms with Crippen LogP contribution < -0.4 is 0 Å². The Morgan fingerprint density at radius 1 is 0.846 bits per heavy atom. The molecule has 5 aromatic rings. The lowest BCUT2D eigenvalue weighted by atomic mass is 9.90. The average Bonchev–Trinajstić information content (AvgIpc) is 3.38. The molecular weight excluding hydrogens is 499 g/mol. The van der Waals surface area contributed by atoms with Gasteiger partial charge in [0, 0.05) is 37.8 Å². The summed E-state index contributed by atoms with van der Waals surface area (Å²) in [5, 5.41) is 0. The monoisotopic (exact) mass is 527 g/mol. The minimum Gasteiger partial charge on any atom is -0.338 e. The molecule has 0 fully saturated rings. The number of amides is 1. The number of carbonyl (C=O) groups is 1. The van der Waals surface area contributed by atoms with Crippen LogP contribution in [0.25, 0.3) is 5.65 Å². The molecule has 0 aliphatic rings. The predicted octanol–water partition coefficient (Wildman–Crippen LogP) is 7.15. The van der Waals surface area contributed by atoms with E-state index in [4.69, 9.17) is 0 Å². The zero-order chi connectivity index (χ0) is 27.2. The summed E-state index contributed by atoms with van der Waals surface area (Å²) in [6.07, 6.45) is -0.340. The minimum atomic E-state index is -4.49. The van der Waals surface area contributed by atoms with Crippen molar-refractivity contribution < 1.29 is 18.0 Å². The van der Waals surface area contributed by atoms with Crippen LogP contribution in [0.5, 0.6) is 0 Å². The molecule has 2 aromatic heterocycles. The largest absolute Gasteiger partial charge is 0.416 e. The van der Waals surface area contributed by atoms with E-state index >= 15 is 0 Å². The molecule has 0 radical (unpaired) electrons. The molecule has 39 heavy (non-hydrogen) atoms. The maximum Gasteiger partial charge on any atom is 0.416 e. The normalized spacial score (nSPS) is 12.4. The van der Waals surface area contributed by atoms with Crippen LogP contribution in [0.15, 0.2) is 116 Å². The third-order valence-corrected chi connectivity index (χ3v) is 6.88. The second-order valence-corrected chi connectivity index (χ2v) is 9.53. The van der Waals surface area contributed by atoms with Crippen LogP contribution in [0.2, 0.25) is 0 Å². The Morgan fingerprint density at radius 2 is 1.54 bits per heavy atom. The van der Waals surface area contributed by atoms with Gasteiger partial charge in [0.25, 0.3) is 0 Å². The molecule has 5 rings (SSSR count). The van der Waals surface area contributed by atoms with Gasteiger partial charge in [-0.25, -0.2) is 4.98 Å². The molecule has 0 aliphatic heterocycles. The fourth-order valence-electron chi connectivity index (χ4n) is 4.84. The van der Waals surface area contributed by atoms with Crippen molar-refractivity contribution in [1.29, 1.82) is 0 Å². The zero-order valence-electron chi connectivity index (χ0n) is 21.3. The highest BCUT2D eigenvalue weighted by Crippen LogP contribution is 2.35. The molecule has 1 atom stereocenters. The van der Waals surface area contributed by atoms with E-state index in [2.05, 4.69) is 4.98 Å². The lowest BCUT2D eigenvalue weighted by molar-refractivity contribution is -0.137. The second-order valence-electron chi connectivity index (χ2n) is 9.53. The summed E-state index contributed by atoms with van der Waals surface area (Å²) in [6, 6.07) is 30.4. The van der Waals surface area contributed by atoms with Gasteiger partial charge in [-0.15, -0.1) is 0 Å². The summed E-state index contributed by atoms with van der Waals surface area (Å²) >= 11 is 0. The highest BCUT2D eigenvalue weighted by atomic mass is 19.4. The van der Waals surface area contributed by atoms with Gasteiger partial charge in [-0.1, -0.05) is 84.9 Å². The lowest BCUT2D eigenvalue weighted by Gasteiger charge is -2.26. The number of aromatic nitrogens is 2. The number of rotatable bonds is 9. The zero-order valence-corrected chi connectivity index (χ0v) is 21.3. The van der Waals surface area contributed by atoms with Crippen LogP contribution in [0.1, 0.15) is 40.3 Å². The van der Waals surface area contributed by atoms with Crippen molar-refractivity contribution in [3.8, 4) is 0 Å². The van der Waals surface area contributed by atoms with E-state index in [-0.39, 0.29) is 12.3 Å². The Kier molecular flexibility index (Phi) is 7.77. The molecule has 1 unspecified atom stereocenters. The van der Waals surface area contributed by atoms with Gasteiger partial charge in [0.15, 0.2) is 0 Å². The Bertz CT molecular complexity index is 1530. The number of carbonyl (C=O) groups excluding carboxylic acids is 1. The van der Waals surface area contributed by atoms with Gasteiger partial charge in [-0.2, -0.15) is 13.2 Å². The first-order chi connectivity index (χ1) is 18.9. The fraction of sp³-hybridized carbons (Fsp3) is 0.188. The first-order valence-corrected chi connectivity index (χ1v) is 12.8. The SMILES string of the molecule is O=C(CC(c1cccc(C(F)(F)F)c1)c1cnc2ccccn12)N(CCc1ccccc1)Cc1ccccc1. The molecule has 2 heterocycles. The van der Waals surface area contributed by atoms with E-state index < -0.39 is 17.7 Å². The van der Waals surface area contributed by atoms with Crippen LogP contribution in [-0.4, -0.2) is 26.7 Å². The van der Waals surface area contributed by atoms with Gasteiger partial charge in [0.2, 0.25) is 5.91 Å². The van der Waals surface area contributed by atoms with Gasteiger partial charge in [0.1, 0.15) is 5.65 Å². The number of hydrogen-bond donors (Lipinski definition) is 0. The number of alkyl halides is 3. The molecule has 0 saturated carbocycles. The van der Waals surface area contributed by atoms with E-state index in [1.807, 2.05) is 89.5 Å². The van der Waals surface area contributed by atoms with Crippen molar-refractivity contribution in [2.75, 3.05) is 6.54 Å². The number of pyridine rings is 1. The van der Waals surface area contributed by atoms with E-state index in [9.17, 15) is 18.0 Å². The van der Waals surface area contributed by atoms with Crippen molar-refractivity contribution in [3.63, 3.8) is 0 Å². The molecule has 3 aromatic carbocycles. The molecule has 0 saturated heterocycles. The molecule has 7 heteroatoms. The Morgan fingerprint density at radius 3 is 2.26 bits per heavy atom. The topological polar surface area (TPSA) is 37.6 Å². The minimum absolute atomic E-state index is 0.00558. The summed E-state index contributed by atoms with van der Waals surface area (Å²) in [7, 11) is 0. The van der Waals surface area contributed by atoms with Gasteiger partial charge in [-0.3, -0.25) is 4.79 Å². The van der Waals surface area contributed by atoms with Crippen molar-refractivity contribution >= 4 is 11.6 Å². The van der Waals surface area contributed by atoms with E-state index in [0.29, 0.717) is 36.4 Å². The molecule has 4 nitrogen and oxygen atoms in total. The highest BCUT2D eigenvalue weighted by molar-refractivity contribution is 5.78. The van der Waals surface area contributed by atoms with Crippen LogP contribution >= 0.6 is 0 Å². The lowest BCUT2D eigenvalue weighted by Crippen LogP contribution is -2.33. The number of fused-ring (bicyclic) bond motifs is 1. The van der Waals surface area contributed by atoms with E-state index in [1.54, 1.807) is 17.2 Å². The van der Waals surface area contributed by atoms with Gasteiger partial charge in [0.05, 0.1) is 11.3 Å². The summed E-state index contributed by atoms with van der Waals surface area (Å²) in [4.78, 5) is 20.2. The van der Waals surface area contributed by atoms with Crippen LogP contribution in [0.4, 0.5) is 13.2 Å². The molecule has 0 spiro atoms. The molecular formula is C32H28F3N3O. The first-order valence-electron chi connectivity index (χ1n) is 12.8. The standard InChI is InChI=1S/C32H28F3N3O/c33-32(34,35)27-15-9-14-26(20-27)28(29-22-36-30-16-7-8-18-38(29)30)21-31(39)37(23-25-12-5-2-6-13-25)19-17-24-10-3-1-4-11-24/h1-16,18,20,22,28H,17,19,21,23H2. The van der Waals surface area contributed by atoms with Crippen molar-refractivity contribution in [1.82, 2.24) is 14.3 Å². The Labute approximate surface area is 225 Å². The maximum atomic E-state index is 13.9. The average molecular weight is 528 g/mol. The van der Waals surface area contributed by atoms with Crippen molar-refractivity contribution in [2.24, 2.45) is 0 Å². The van der Waals surface area contributed by atoms with Gasteiger partial charge in [-0.05, 0) is 41.3 Å². The number of hydrogen-bond acceptors (Lipinski definition) is 2. The summed E-state index contributed by atoms with van der Waals surface area (Å²) in [5.41, 5.74) is 3.12. The summed E-state index contributed by atoms with van der Waals surface area (Å²) < 4.78 is 42.7. The molecule has 1 amide bonds. The predicted molar refractivity (Wildman–Crippen MR) is 145 cm³/mol. The van der Waals surface area contributed by atoms with Crippen LogP contribution in [0.3, 0.4) is 0 Å². The first kappa shape index (κ1) is 26.2. The molecule has 198 valence electrons. The molecule has 0 N–H and O–H groups in total. The summed E-state index contributed by atoms with van der Waals surface area (Å²) in [6.45, 7) is 0.898. The quantitative estimate of drug-likeness (QED) is 0.204. The molecule has 0 bridgehead atoms. The van der Waals surface area contributed by atoms with Crippen molar-refractivity contribution in [2.45, 2.75) is 31.5 Å².